The van der Waals surface area contributed by atoms with E-state index in [0.29, 0.717) is 12.0 Å². The quantitative estimate of drug-likeness (QED) is 0.0394. The van der Waals surface area contributed by atoms with E-state index in [-0.39, 0.29) is 49.7 Å². The lowest BCUT2D eigenvalue weighted by atomic mass is 10.1. The Bertz CT molecular complexity index is 1030. The third kappa shape index (κ3) is 12.8. The number of hydrogen-bond acceptors (Lipinski definition) is 9. The molecule has 0 aromatic heterocycles. The van der Waals surface area contributed by atoms with Crippen molar-refractivity contribution in [2.75, 3.05) is 12.3 Å². The molecule has 0 saturated carbocycles. The van der Waals surface area contributed by atoms with Crippen molar-refractivity contribution in [2.24, 2.45) is 27.9 Å². The average Bonchev–Trinajstić information content (AvgIpc) is 2.87. The number of guanidine groups is 1. The molecule has 216 valence electrons. The summed E-state index contributed by atoms with van der Waals surface area (Å²) in [5.41, 5.74) is 22.1. The summed E-state index contributed by atoms with van der Waals surface area (Å²) in [6.45, 7) is 0.248. The van der Waals surface area contributed by atoms with Gasteiger partial charge in [-0.25, -0.2) is 4.79 Å². The number of amides is 4. The van der Waals surface area contributed by atoms with Gasteiger partial charge in [-0.05, 0) is 37.0 Å². The summed E-state index contributed by atoms with van der Waals surface area (Å²) < 4.78 is 0. The molecule has 0 radical (unpaired) electrons. The molecule has 0 aliphatic heterocycles. The van der Waals surface area contributed by atoms with E-state index in [0.717, 1.165) is 0 Å². The third-order valence-electron chi connectivity index (χ3n) is 5.42. The molecule has 0 aliphatic rings. The number of nitrogens with one attached hydrogen (secondary N) is 3. The maximum atomic E-state index is 12.9. The standard InChI is InChI=1S/C23H36N8O7S/c24-14(2-1-9-28-23(26)27)19(34)29-15(7-8-18(25)33)20(35)31-17(11-39)21(36)30-16(22(37)38)10-12-3-5-13(32)6-4-12/h3-6,14-17,32,39H,1-2,7-11,24H2,(H2,25,33)(H,29,34)(H,30,36)(H,31,35)(H,37,38)(H4,26,27,28). The average molecular weight is 569 g/mol. The first-order valence-electron chi connectivity index (χ1n) is 12.0. The fourth-order valence-electron chi connectivity index (χ4n) is 3.29. The molecule has 0 spiro atoms. The molecule has 13 N–H and O–H groups in total. The van der Waals surface area contributed by atoms with Crippen molar-refractivity contribution in [1.82, 2.24) is 16.0 Å². The number of hydrogen-bond donors (Lipinski definition) is 10. The Labute approximate surface area is 230 Å². The van der Waals surface area contributed by atoms with Gasteiger partial charge in [0.2, 0.25) is 23.6 Å². The number of primary amides is 1. The highest BCUT2D eigenvalue weighted by molar-refractivity contribution is 7.80. The first kappa shape index (κ1) is 33.0. The highest BCUT2D eigenvalue weighted by Crippen LogP contribution is 2.12. The number of phenolic OH excluding ortho intramolecular Hbond substituents is 1. The molecule has 15 nitrogen and oxygen atoms in total. The van der Waals surface area contributed by atoms with Gasteiger partial charge in [0.05, 0.1) is 6.04 Å². The van der Waals surface area contributed by atoms with Gasteiger partial charge in [-0.2, -0.15) is 12.6 Å². The highest BCUT2D eigenvalue weighted by atomic mass is 32.1. The largest absolute Gasteiger partial charge is 0.508 e. The van der Waals surface area contributed by atoms with Crippen LogP contribution in [0.3, 0.4) is 0 Å². The zero-order valence-corrected chi connectivity index (χ0v) is 22.1. The molecule has 4 amide bonds. The van der Waals surface area contributed by atoms with Crippen molar-refractivity contribution in [2.45, 2.75) is 56.3 Å². The number of aliphatic carboxylic acids is 1. The second kappa shape index (κ2) is 16.7. The smallest absolute Gasteiger partial charge is 0.326 e. The zero-order valence-electron chi connectivity index (χ0n) is 21.2. The minimum atomic E-state index is -1.34. The van der Waals surface area contributed by atoms with Gasteiger partial charge in [-0.15, -0.1) is 0 Å². The van der Waals surface area contributed by atoms with Crippen molar-refractivity contribution in [1.29, 1.82) is 0 Å². The zero-order chi connectivity index (χ0) is 29.5. The number of carbonyl (C=O) groups is 5. The van der Waals surface area contributed by atoms with Crippen LogP contribution in [0.15, 0.2) is 29.3 Å². The molecule has 4 atom stereocenters. The Morgan fingerprint density at radius 3 is 1.97 bits per heavy atom. The monoisotopic (exact) mass is 568 g/mol. The minimum absolute atomic E-state index is 0.00242. The molecule has 1 aromatic rings. The maximum Gasteiger partial charge on any atom is 0.326 e. The van der Waals surface area contributed by atoms with Crippen LogP contribution in [0, 0.1) is 0 Å². The predicted molar refractivity (Wildman–Crippen MR) is 145 cm³/mol. The molecule has 0 fully saturated rings. The van der Waals surface area contributed by atoms with E-state index in [1.807, 2.05) is 0 Å². The van der Waals surface area contributed by atoms with E-state index in [2.05, 4.69) is 33.6 Å². The number of carboxylic acid groups (broad SMARTS) is 1. The summed E-state index contributed by atoms with van der Waals surface area (Å²) in [7, 11) is 0. The van der Waals surface area contributed by atoms with Crippen LogP contribution < -0.4 is 38.9 Å². The van der Waals surface area contributed by atoms with Gasteiger partial charge >= 0.3 is 5.97 Å². The Hall–Kier alpha value is -4.05. The lowest BCUT2D eigenvalue weighted by molar-refractivity contribution is -0.142. The van der Waals surface area contributed by atoms with E-state index in [4.69, 9.17) is 22.9 Å². The van der Waals surface area contributed by atoms with Crippen LogP contribution in [-0.4, -0.2) is 82.2 Å². The molecular formula is C23H36N8O7S. The van der Waals surface area contributed by atoms with Gasteiger partial charge in [0.15, 0.2) is 5.96 Å². The van der Waals surface area contributed by atoms with Crippen molar-refractivity contribution in [3.05, 3.63) is 29.8 Å². The number of benzene rings is 1. The Morgan fingerprint density at radius 2 is 1.44 bits per heavy atom. The molecule has 0 bridgehead atoms. The number of carboxylic acids is 1. The molecule has 16 heteroatoms. The van der Waals surface area contributed by atoms with Gasteiger partial charge in [0, 0.05) is 25.1 Å². The van der Waals surface area contributed by atoms with Crippen molar-refractivity contribution in [3.63, 3.8) is 0 Å². The summed E-state index contributed by atoms with van der Waals surface area (Å²) in [5, 5.41) is 26.1. The molecule has 4 unspecified atom stereocenters. The summed E-state index contributed by atoms with van der Waals surface area (Å²) in [5.74, 6) is -4.68. The third-order valence-corrected chi connectivity index (χ3v) is 5.79. The fourth-order valence-corrected chi connectivity index (χ4v) is 3.55. The number of carbonyl (C=O) groups excluding carboxylic acids is 4. The van der Waals surface area contributed by atoms with Gasteiger partial charge < -0.3 is 49.1 Å². The van der Waals surface area contributed by atoms with Gasteiger partial charge in [0.25, 0.3) is 0 Å². The molecule has 1 aromatic carbocycles. The molecule has 39 heavy (non-hydrogen) atoms. The lowest BCUT2D eigenvalue weighted by Gasteiger charge is -2.24. The molecule has 0 heterocycles. The van der Waals surface area contributed by atoms with E-state index in [1.165, 1.54) is 24.3 Å². The van der Waals surface area contributed by atoms with Crippen molar-refractivity contribution >= 4 is 48.2 Å². The number of aromatic hydroxyl groups is 1. The van der Waals surface area contributed by atoms with E-state index >= 15 is 0 Å². The second-order valence-corrected chi connectivity index (χ2v) is 9.00. The van der Waals surface area contributed by atoms with Crippen LogP contribution in [0.5, 0.6) is 5.75 Å². The van der Waals surface area contributed by atoms with Crippen LogP contribution in [0.4, 0.5) is 0 Å². The normalized spacial score (nSPS) is 13.7. The lowest BCUT2D eigenvalue weighted by Crippen LogP contribution is -2.58. The molecule has 0 aliphatic carbocycles. The van der Waals surface area contributed by atoms with Gasteiger partial charge in [-0.3, -0.25) is 24.2 Å². The van der Waals surface area contributed by atoms with Crippen LogP contribution in [0.2, 0.25) is 0 Å². The second-order valence-electron chi connectivity index (χ2n) is 8.64. The van der Waals surface area contributed by atoms with E-state index in [9.17, 15) is 34.2 Å². The summed E-state index contributed by atoms with van der Waals surface area (Å²) >= 11 is 4.07. The minimum Gasteiger partial charge on any atom is -0.508 e. The molecule has 1 rings (SSSR count). The van der Waals surface area contributed by atoms with Crippen molar-refractivity contribution in [3.8, 4) is 5.75 Å². The predicted octanol–water partition coefficient (Wildman–Crippen LogP) is -2.95. The number of nitrogens with two attached hydrogens (primary N) is 4. The number of nitrogens with zero attached hydrogens (tertiary/aromatic N) is 1. The Morgan fingerprint density at radius 1 is 0.872 bits per heavy atom. The molecular weight excluding hydrogens is 532 g/mol. The maximum absolute atomic E-state index is 12.9. The number of thiol groups is 1. The van der Waals surface area contributed by atoms with Gasteiger partial charge in [0.1, 0.15) is 23.9 Å². The Kier molecular flexibility index (Phi) is 14.1. The highest BCUT2D eigenvalue weighted by Gasteiger charge is 2.30. The summed E-state index contributed by atoms with van der Waals surface area (Å²) in [4.78, 5) is 65.1. The topological polar surface area (TPSA) is 278 Å². The number of phenols is 1. The SMILES string of the molecule is NC(=O)CCC(NC(=O)C(N)CCCN=C(N)N)C(=O)NC(CS)C(=O)NC(Cc1ccc(O)cc1)C(=O)O. The van der Waals surface area contributed by atoms with Crippen LogP contribution >= 0.6 is 12.6 Å². The molecule has 0 saturated heterocycles. The Balaban J connectivity index is 2.86. The van der Waals surface area contributed by atoms with Crippen LogP contribution in [0.25, 0.3) is 0 Å². The summed E-state index contributed by atoms with van der Waals surface area (Å²) in [6, 6.07) is 0.874. The van der Waals surface area contributed by atoms with E-state index in [1.54, 1.807) is 0 Å². The number of aliphatic imine (C=N–C) groups is 1. The van der Waals surface area contributed by atoms with Crippen LogP contribution in [-0.2, 0) is 30.4 Å². The summed E-state index contributed by atoms with van der Waals surface area (Å²) in [6.07, 6.45) is 0.0805. The van der Waals surface area contributed by atoms with Crippen LogP contribution in [0.1, 0.15) is 31.2 Å². The van der Waals surface area contributed by atoms with E-state index < -0.39 is 53.8 Å². The first-order valence-corrected chi connectivity index (χ1v) is 12.6. The van der Waals surface area contributed by atoms with Crippen molar-refractivity contribution < 1.29 is 34.2 Å². The number of rotatable bonds is 17. The first-order chi connectivity index (χ1) is 18.3. The fraction of sp³-hybridized carbons (Fsp3) is 0.478. The van der Waals surface area contributed by atoms with Gasteiger partial charge in [-0.1, -0.05) is 12.1 Å².